The standard InChI is InChI=1S/C24H24BN5O2/c1-32-23(31)17-8-9-18-19(12-17)27-22(26)20-21(18)30(24(25)28-20)14-16-6-4-15(5-7-16)13-29-10-2-3-11-29/h4-9,12H,2-3,10-11,13-14H2,1H3,(H2,26,27). The third-order valence-corrected chi connectivity index (χ3v) is 6.12. The number of likely N-dealkylation sites (tertiary alicyclic amines) is 1. The van der Waals surface area contributed by atoms with Crippen LogP contribution in [0.1, 0.15) is 34.3 Å². The summed E-state index contributed by atoms with van der Waals surface area (Å²) in [6, 6.07) is 13.9. The van der Waals surface area contributed by atoms with E-state index in [1.54, 1.807) is 12.1 Å². The molecule has 1 aliphatic rings. The molecule has 2 N–H and O–H groups in total. The fourth-order valence-electron chi connectivity index (χ4n) is 4.47. The van der Waals surface area contributed by atoms with E-state index in [2.05, 4.69) is 39.1 Å². The first-order valence-electron chi connectivity index (χ1n) is 10.8. The van der Waals surface area contributed by atoms with E-state index in [0.29, 0.717) is 28.9 Å². The number of esters is 1. The summed E-state index contributed by atoms with van der Waals surface area (Å²) in [5.74, 6) is -0.143. The molecule has 3 heterocycles. The van der Waals surface area contributed by atoms with Crippen LogP contribution in [0.3, 0.4) is 0 Å². The molecule has 32 heavy (non-hydrogen) atoms. The second kappa shape index (κ2) is 8.28. The van der Waals surface area contributed by atoms with Crippen LogP contribution < -0.4 is 11.5 Å². The van der Waals surface area contributed by atoms with Gasteiger partial charge in [0.15, 0.2) is 13.7 Å². The normalized spacial score (nSPS) is 14.4. The van der Waals surface area contributed by atoms with Gasteiger partial charge in [-0.25, -0.2) is 14.8 Å². The van der Waals surface area contributed by atoms with Crippen molar-refractivity contribution in [1.82, 2.24) is 19.4 Å². The number of carbonyl (C=O) groups is 1. The van der Waals surface area contributed by atoms with Crippen molar-refractivity contribution in [3.63, 3.8) is 0 Å². The smallest absolute Gasteiger partial charge is 0.337 e. The van der Waals surface area contributed by atoms with Gasteiger partial charge in [0.1, 0.15) is 5.52 Å². The maximum Gasteiger partial charge on any atom is 0.337 e. The van der Waals surface area contributed by atoms with Gasteiger partial charge in [-0.05, 0) is 55.3 Å². The molecule has 1 aliphatic heterocycles. The summed E-state index contributed by atoms with van der Waals surface area (Å²) in [4.78, 5) is 23.3. The number of anilines is 1. The van der Waals surface area contributed by atoms with Crippen LogP contribution in [0.5, 0.6) is 0 Å². The third-order valence-electron chi connectivity index (χ3n) is 6.12. The molecule has 5 rings (SSSR count). The quantitative estimate of drug-likeness (QED) is 0.391. The molecule has 2 aromatic carbocycles. The van der Waals surface area contributed by atoms with Gasteiger partial charge in [0.2, 0.25) is 0 Å². The number of nitrogens with zero attached hydrogens (tertiary/aromatic N) is 4. The first kappa shape index (κ1) is 20.5. The zero-order chi connectivity index (χ0) is 22.2. The molecule has 0 unspecified atom stereocenters. The molecule has 8 heteroatoms. The lowest BCUT2D eigenvalue weighted by atomic mass is 10.1. The van der Waals surface area contributed by atoms with E-state index in [-0.39, 0.29) is 5.82 Å². The van der Waals surface area contributed by atoms with Crippen molar-refractivity contribution < 1.29 is 9.53 Å². The lowest BCUT2D eigenvalue weighted by molar-refractivity contribution is 0.0601. The van der Waals surface area contributed by atoms with Gasteiger partial charge in [-0.3, -0.25) is 4.90 Å². The minimum absolute atomic E-state index is 0.279. The SMILES string of the molecule is [B]c1nc2c(N)nc3cc(C(=O)OC)ccc3c2n1Cc1ccc(CN2CCCC2)cc1. The highest BCUT2D eigenvalue weighted by Crippen LogP contribution is 2.28. The summed E-state index contributed by atoms with van der Waals surface area (Å²) in [7, 11) is 7.64. The van der Waals surface area contributed by atoms with Crippen molar-refractivity contribution in [3.05, 3.63) is 59.2 Å². The molecule has 160 valence electrons. The molecule has 0 atom stereocenters. The summed E-state index contributed by atoms with van der Waals surface area (Å²) >= 11 is 0. The Bertz CT molecular complexity index is 1310. The van der Waals surface area contributed by atoms with Crippen molar-refractivity contribution >= 4 is 47.3 Å². The number of rotatable bonds is 5. The fourth-order valence-corrected chi connectivity index (χ4v) is 4.47. The maximum absolute atomic E-state index is 11.9. The third kappa shape index (κ3) is 3.71. The molecule has 0 saturated carbocycles. The number of nitrogen functional groups attached to an aromatic ring is 1. The van der Waals surface area contributed by atoms with Gasteiger partial charge in [-0.1, -0.05) is 24.3 Å². The number of benzene rings is 2. The van der Waals surface area contributed by atoms with Crippen LogP contribution in [0.4, 0.5) is 5.82 Å². The number of methoxy groups -OCH3 is 1. The van der Waals surface area contributed by atoms with E-state index in [0.717, 1.165) is 23.0 Å². The van der Waals surface area contributed by atoms with Crippen LogP contribution in [0.2, 0.25) is 0 Å². The Morgan fingerprint density at radius 1 is 1.06 bits per heavy atom. The molecular formula is C24H24BN5O2. The van der Waals surface area contributed by atoms with Gasteiger partial charge >= 0.3 is 5.97 Å². The van der Waals surface area contributed by atoms with Crippen molar-refractivity contribution in [2.24, 2.45) is 0 Å². The number of aromatic nitrogens is 3. The molecule has 2 aromatic heterocycles. The van der Waals surface area contributed by atoms with E-state index < -0.39 is 5.97 Å². The van der Waals surface area contributed by atoms with Gasteiger partial charge in [-0.15, -0.1) is 0 Å². The van der Waals surface area contributed by atoms with Crippen molar-refractivity contribution in [2.45, 2.75) is 25.9 Å². The van der Waals surface area contributed by atoms with Crippen LogP contribution in [0, 0.1) is 0 Å². The Labute approximate surface area is 187 Å². The Kier molecular flexibility index (Phi) is 5.31. The molecule has 0 aliphatic carbocycles. The average Bonchev–Trinajstić information content (AvgIpc) is 3.43. The summed E-state index contributed by atoms with van der Waals surface area (Å²) in [5, 5.41) is 0.830. The van der Waals surface area contributed by atoms with Crippen LogP contribution in [0.25, 0.3) is 21.9 Å². The van der Waals surface area contributed by atoms with Crippen LogP contribution >= 0.6 is 0 Å². The Balaban J connectivity index is 1.51. The lowest BCUT2D eigenvalue weighted by Gasteiger charge is -2.15. The molecule has 0 spiro atoms. The van der Waals surface area contributed by atoms with E-state index in [1.807, 2.05) is 10.6 Å². The number of fused-ring (bicyclic) bond motifs is 3. The largest absolute Gasteiger partial charge is 0.465 e. The number of nitrogens with two attached hydrogens (primary N) is 1. The minimum Gasteiger partial charge on any atom is -0.465 e. The summed E-state index contributed by atoms with van der Waals surface area (Å²) in [6.07, 6.45) is 2.58. The number of hydrogen-bond acceptors (Lipinski definition) is 6. The van der Waals surface area contributed by atoms with Gasteiger partial charge < -0.3 is 15.0 Å². The number of pyridine rings is 1. The van der Waals surface area contributed by atoms with E-state index in [1.165, 1.54) is 38.6 Å². The molecule has 4 aromatic rings. The van der Waals surface area contributed by atoms with Crippen molar-refractivity contribution in [3.8, 4) is 0 Å². The van der Waals surface area contributed by atoms with Gasteiger partial charge in [0.05, 0.1) is 29.4 Å². The van der Waals surface area contributed by atoms with Crippen LogP contribution in [-0.4, -0.2) is 53.4 Å². The Hall–Kier alpha value is -3.39. The highest BCUT2D eigenvalue weighted by Gasteiger charge is 2.17. The van der Waals surface area contributed by atoms with Crippen molar-refractivity contribution in [2.75, 3.05) is 25.9 Å². The summed E-state index contributed by atoms with van der Waals surface area (Å²) < 4.78 is 6.77. The monoisotopic (exact) mass is 425 g/mol. The minimum atomic E-state index is -0.422. The first-order chi connectivity index (χ1) is 15.5. The number of imidazole rings is 1. The molecule has 1 saturated heterocycles. The molecule has 1 fully saturated rings. The van der Waals surface area contributed by atoms with E-state index in [4.69, 9.17) is 18.3 Å². The molecule has 2 radical (unpaired) electrons. The van der Waals surface area contributed by atoms with Gasteiger partial charge in [0.25, 0.3) is 0 Å². The molecular weight excluding hydrogens is 401 g/mol. The summed E-state index contributed by atoms with van der Waals surface area (Å²) in [5.41, 5.74) is 11.4. The predicted octanol–water partition coefficient (Wildman–Crippen LogP) is 2.39. The highest BCUT2D eigenvalue weighted by molar-refractivity contribution is 6.31. The number of carbonyl (C=O) groups excluding carboxylic acids is 1. The fraction of sp³-hybridized carbons (Fsp3) is 0.292. The van der Waals surface area contributed by atoms with E-state index in [9.17, 15) is 4.79 Å². The lowest BCUT2D eigenvalue weighted by Crippen LogP contribution is -2.20. The Morgan fingerprint density at radius 2 is 1.75 bits per heavy atom. The predicted molar refractivity (Wildman–Crippen MR) is 126 cm³/mol. The molecule has 0 amide bonds. The number of hydrogen-bond donors (Lipinski definition) is 1. The second-order valence-corrected chi connectivity index (χ2v) is 8.27. The zero-order valence-electron chi connectivity index (χ0n) is 18.0. The van der Waals surface area contributed by atoms with Crippen LogP contribution in [0.15, 0.2) is 42.5 Å². The Morgan fingerprint density at radius 3 is 2.44 bits per heavy atom. The topological polar surface area (TPSA) is 86.3 Å². The molecule has 7 nitrogen and oxygen atoms in total. The molecule has 0 bridgehead atoms. The highest BCUT2D eigenvalue weighted by atomic mass is 16.5. The summed E-state index contributed by atoms with van der Waals surface area (Å²) in [6.45, 7) is 3.91. The zero-order valence-corrected chi connectivity index (χ0v) is 18.0. The average molecular weight is 425 g/mol. The van der Waals surface area contributed by atoms with Gasteiger partial charge in [-0.2, -0.15) is 0 Å². The van der Waals surface area contributed by atoms with Crippen molar-refractivity contribution in [1.29, 1.82) is 0 Å². The first-order valence-corrected chi connectivity index (χ1v) is 10.8. The van der Waals surface area contributed by atoms with E-state index >= 15 is 0 Å². The number of ether oxygens (including phenoxy) is 1. The second-order valence-electron chi connectivity index (χ2n) is 8.27. The maximum atomic E-state index is 11.9. The van der Waals surface area contributed by atoms with Crippen LogP contribution in [-0.2, 0) is 17.8 Å². The van der Waals surface area contributed by atoms with Gasteiger partial charge in [0, 0.05) is 18.5 Å².